The summed E-state index contributed by atoms with van der Waals surface area (Å²) in [7, 11) is 0. The van der Waals surface area contributed by atoms with Crippen molar-refractivity contribution >= 4 is 17.1 Å². The number of hydrogen-bond donors (Lipinski definition) is 2. The van der Waals surface area contributed by atoms with Crippen LogP contribution in [0.5, 0.6) is 0 Å². The minimum Gasteiger partial charge on any atom is -0.388 e. The van der Waals surface area contributed by atoms with Gasteiger partial charge in [0.15, 0.2) is 11.2 Å². The average Bonchev–Trinajstić information content (AvgIpc) is 3.51. The fourth-order valence-electron chi connectivity index (χ4n) is 6.03. The van der Waals surface area contributed by atoms with E-state index in [0.29, 0.717) is 36.4 Å². The van der Waals surface area contributed by atoms with E-state index in [4.69, 9.17) is 0 Å². The van der Waals surface area contributed by atoms with Gasteiger partial charge in [-0.2, -0.15) is 0 Å². The van der Waals surface area contributed by atoms with Crippen molar-refractivity contribution in [2.75, 3.05) is 0 Å². The molecule has 1 amide bonds. The van der Waals surface area contributed by atoms with Crippen LogP contribution in [0.1, 0.15) is 71.5 Å². The van der Waals surface area contributed by atoms with Crippen LogP contribution in [0.15, 0.2) is 9.59 Å². The Balaban J connectivity index is 1.67. The first-order valence-electron chi connectivity index (χ1n) is 12.5. The summed E-state index contributed by atoms with van der Waals surface area (Å²) in [5.41, 5.74) is -0.464. The SMILES string of the molecule is CCCCn1c(=O)n(CC(=O)N[C@@H](C)[C@H]2C[C@H]3CC[C@H]2C3)c(=O)c2c1nc(CO)n2CCC. The lowest BCUT2D eigenvalue weighted by Crippen LogP contribution is -2.47. The van der Waals surface area contributed by atoms with Crippen molar-refractivity contribution in [2.45, 2.75) is 98.0 Å². The second-order valence-electron chi connectivity index (χ2n) is 9.88. The predicted octanol–water partition coefficient (Wildman–Crippen LogP) is 2.00. The Morgan fingerprint density at radius 1 is 1.12 bits per heavy atom. The molecule has 2 aliphatic rings. The molecule has 182 valence electrons. The molecule has 33 heavy (non-hydrogen) atoms. The second kappa shape index (κ2) is 9.83. The Morgan fingerprint density at radius 2 is 1.91 bits per heavy atom. The van der Waals surface area contributed by atoms with Crippen molar-refractivity contribution < 1.29 is 9.90 Å². The summed E-state index contributed by atoms with van der Waals surface area (Å²) in [6, 6.07) is 0.0289. The number of amides is 1. The maximum Gasteiger partial charge on any atom is 0.333 e. The Morgan fingerprint density at radius 3 is 2.52 bits per heavy atom. The van der Waals surface area contributed by atoms with Gasteiger partial charge in [0.1, 0.15) is 19.0 Å². The van der Waals surface area contributed by atoms with E-state index in [2.05, 4.69) is 10.3 Å². The zero-order valence-corrected chi connectivity index (χ0v) is 20.0. The molecule has 9 heteroatoms. The predicted molar refractivity (Wildman–Crippen MR) is 126 cm³/mol. The van der Waals surface area contributed by atoms with Crippen molar-refractivity contribution in [3.05, 3.63) is 26.7 Å². The zero-order chi connectivity index (χ0) is 23.7. The van der Waals surface area contributed by atoms with Crippen molar-refractivity contribution in [3.63, 3.8) is 0 Å². The highest BCUT2D eigenvalue weighted by Gasteiger charge is 2.42. The third-order valence-electron chi connectivity index (χ3n) is 7.64. The van der Waals surface area contributed by atoms with Crippen LogP contribution >= 0.6 is 0 Å². The third-order valence-corrected chi connectivity index (χ3v) is 7.64. The summed E-state index contributed by atoms with van der Waals surface area (Å²) in [6.07, 6.45) is 7.32. The van der Waals surface area contributed by atoms with Gasteiger partial charge >= 0.3 is 5.69 Å². The molecule has 2 saturated carbocycles. The average molecular weight is 460 g/mol. The number of aromatic nitrogens is 4. The summed E-state index contributed by atoms with van der Waals surface area (Å²) in [5.74, 6) is 1.99. The van der Waals surface area contributed by atoms with Gasteiger partial charge < -0.3 is 15.0 Å². The standard InChI is InChI=1S/C24H37N5O4/c1-4-6-10-28-22-21(27(9-5-2)19(14-30)26-22)23(32)29(24(28)33)13-20(31)25-15(3)18-12-16-7-8-17(18)11-16/h15-18,30H,4-14H2,1-3H3,(H,25,31)/t15-,16-,17-,18+/m0/s1. The van der Waals surface area contributed by atoms with E-state index in [9.17, 15) is 19.5 Å². The number of nitrogens with one attached hydrogen (secondary N) is 1. The highest BCUT2D eigenvalue weighted by atomic mass is 16.3. The summed E-state index contributed by atoms with van der Waals surface area (Å²) >= 11 is 0. The van der Waals surface area contributed by atoms with Gasteiger partial charge in [-0.3, -0.25) is 14.2 Å². The lowest BCUT2D eigenvalue weighted by Gasteiger charge is -2.28. The smallest absolute Gasteiger partial charge is 0.333 e. The molecule has 0 unspecified atom stereocenters. The van der Waals surface area contributed by atoms with Crippen LogP contribution in [0, 0.1) is 17.8 Å². The molecule has 0 radical (unpaired) electrons. The maximum atomic E-state index is 13.4. The van der Waals surface area contributed by atoms with E-state index in [0.717, 1.165) is 36.2 Å². The molecule has 0 saturated heterocycles. The first-order valence-corrected chi connectivity index (χ1v) is 12.5. The molecule has 2 N–H and O–H groups in total. The third kappa shape index (κ3) is 4.39. The fraction of sp³-hybridized carbons (Fsp3) is 0.750. The van der Waals surface area contributed by atoms with E-state index in [-0.39, 0.29) is 30.6 Å². The number of aliphatic hydroxyl groups is 1. The Bertz CT molecular complexity index is 1130. The minimum absolute atomic E-state index is 0.0289. The molecule has 2 bridgehead atoms. The number of imidazole rings is 1. The van der Waals surface area contributed by atoms with Crippen LogP contribution < -0.4 is 16.6 Å². The van der Waals surface area contributed by atoms with Crippen molar-refractivity contribution in [3.8, 4) is 0 Å². The molecule has 2 aliphatic carbocycles. The van der Waals surface area contributed by atoms with Gasteiger partial charge in [-0.05, 0) is 56.8 Å². The molecule has 2 aromatic rings. The Labute approximate surface area is 193 Å². The molecular weight excluding hydrogens is 422 g/mol. The number of nitrogens with zero attached hydrogens (tertiary/aromatic N) is 4. The molecular formula is C24H37N5O4. The van der Waals surface area contributed by atoms with Crippen molar-refractivity contribution in [1.82, 2.24) is 24.0 Å². The van der Waals surface area contributed by atoms with Gasteiger partial charge in [0, 0.05) is 19.1 Å². The normalized spacial score (nSPS) is 22.8. The minimum atomic E-state index is -0.522. The van der Waals surface area contributed by atoms with Crippen LogP contribution in [0.25, 0.3) is 11.2 Å². The lowest BCUT2D eigenvalue weighted by atomic mass is 9.84. The quantitative estimate of drug-likeness (QED) is 0.565. The Kier molecular flexibility index (Phi) is 7.07. The highest BCUT2D eigenvalue weighted by molar-refractivity contribution is 5.77. The van der Waals surface area contributed by atoms with Crippen LogP contribution in [0.2, 0.25) is 0 Å². The first kappa shape index (κ1) is 23.7. The molecule has 0 spiro atoms. The number of carbonyl (C=O) groups is 1. The lowest BCUT2D eigenvalue weighted by molar-refractivity contribution is -0.122. The fourth-order valence-corrected chi connectivity index (χ4v) is 6.03. The first-order chi connectivity index (χ1) is 15.9. The van der Waals surface area contributed by atoms with E-state index in [1.807, 2.05) is 20.8 Å². The van der Waals surface area contributed by atoms with Gasteiger partial charge in [-0.15, -0.1) is 0 Å². The van der Waals surface area contributed by atoms with E-state index >= 15 is 0 Å². The van der Waals surface area contributed by atoms with Crippen LogP contribution in [-0.2, 0) is 31.0 Å². The summed E-state index contributed by atoms with van der Waals surface area (Å²) in [6.45, 7) is 6.32. The second-order valence-corrected chi connectivity index (χ2v) is 9.88. The van der Waals surface area contributed by atoms with Crippen LogP contribution in [0.3, 0.4) is 0 Å². The van der Waals surface area contributed by atoms with Crippen LogP contribution in [-0.4, -0.2) is 35.7 Å². The van der Waals surface area contributed by atoms with Gasteiger partial charge in [0.2, 0.25) is 5.91 Å². The number of carbonyl (C=O) groups excluding carboxylic acids is 1. The van der Waals surface area contributed by atoms with Gasteiger partial charge in [-0.1, -0.05) is 26.7 Å². The van der Waals surface area contributed by atoms with Gasteiger partial charge in [0.25, 0.3) is 5.56 Å². The van der Waals surface area contributed by atoms with E-state index < -0.39 is 11.2 Å². The maximum absolute atomic E-state index is 13.4. The topological polar surface area (TPSA) is 111 Å². The molecule has 2 heterocycles. The monoisotopic (exact) mass is 459 g/mol. The van der Waals surface area contributed by atoms with Crippen molar-refractivity contribution in [2.24, 2.45) is 17.8 Å². The molecule has 4 atom stereocenters. The number of fused-ring (bicyclic) bond motifs is 3. The number of aryl methyl sites for hydroxylation is 2. The van der Waals surface area contributed by atoms with Gasteiger partial charge in [-0.25, -0.2) is 14.3 Å². The summed E-state index contributed by atoms with van der Waals surface area (Å²) in [5, 5.41) is 12.9. The number of hydrogen-bond acceptors (Lipinski definition) is 5. The molecule has 2 fully saturated rings. The summed E-state index contributed by atoms with van der Waals surface area (Å²) < 4.78 is 4.21. The number of aliphatic hydroxyl groups excluding tert-OH is 1. The molecule has 4 rings (SSSR count). The molecule has 9 nitrogen and oxygen atoms in total. The summed E-state index contributed by atoms with van der Waals surface area (Å²) in [4.78, 5) is 44.1. The van der Waals surface area contributed by atoms with E-state index in [1.165, 1.54) is 23.8 Å². The zero-order valence-electron chi connectivity index (χ0n) is 20.0. The molecule has 0 aromatic carbocycles. The number of rotatable bonds is 10. The van der Waals surface area contributed by atoms with E-state index in [1.54, 1.807) is 4.57 Å². The molecule has 0 aliphatic heterocycles. The van der Waals surface area contributed by atoms with Crippen molar-refractivity contribution in [1.29, 1.82) is 0 Å². The van der Waals surface area contributed by atoms with Gasteiger partial charge in [0.05, 0.1) is 0 Å². The molecule has 2 aromatic heterocycles. The number of unbranched alkanes of at least 4 members (excludes halogenated alkanes) is 1. The largest absolute Gasteiger partial charge is 0.388 e. The van der Waals surface area contributed by atoms with Crippen LogP contribution in [0.4, 0.5) is 0 Å². The Hall–Kier alpha value is -2.42. The highest BCUT2D eigenvalue weighted by Crippen LogP contribution is 2.49.